The second kappa shape index (κ2) is 7.45. The Morgan fingerprint density at radius 2 is 1.89 bits per heavy atom. The number of benzene rings is 1. The molecule has 0 saturated carbocycles. The van der Waals surface area contributed by atoms with E-state index in [4.69, 9.17) is 10.5 Å². The lowest BCUT2D eigenvalue weighted by molar-refractivity contribution is 0.130. The summed E-state index contributed by atoms with van der Waals surface area (Å²) in [5.74, 6) is 1.58. The van der Waals surface area contributed by atoms with Crippen LogP contribution in [0.5, 0.6) is 5.75 Å². The molecule has 5 heteroatoms. The smallest absolute Gasteiger partial charge is 0.190 e. The fourth-order valence-corrected chi connectivity index (χ4v) is 2.04. The maximum atomic E-state index is 5.91. The molecule has 0 radical (unpaired) electrons. The number of piperidine rings is 1. The zero-order valence-corrected chi connectivity index (χ0v) is 12.9. The monoisotopic (exact) mass is 361 g/mol. The van der Waals surface area contributed by atoms with Crippen molar-refractivity contribution >= 4 is 29.9 Å². The molecule has 0 unspecified atom stereocenters. The van der Waals surface area contributed by atoms with Crippen molar-refractivity contribution in [3.8, 4) is 5.75 Å². The molecule has 0 amide bonds. The third-order valence-electron chi connectivity index (χ3n) is 3.04. The van der Waals surface area contributed by atoms with Crippen molar-refractivity contribution < 1.29 is 4.74 Å². The Balaban J connectivity index is 0.00000162. The lowest BCUT2D eigenvalue weighted by Crippen LogP contribution is -2.45. The summed E-state index contributed by atoms with van der Waals surface area (Å²) in [7, 11) is 1.72. The molecule has 0 atom stereocenters. The van der Waals surface area contributed by atoms with Gasteiger partial charge in [0.1, 0.15) is 11.9 Å². The largest absolute Gasteiger partial charge is 0.490 e. The van der Waals surface area contributed by atoms with Gasteiger partial charge < -0.3 is 15.4 Å². The molecule has 1 aromatic carbocycles. The normalized spacial score (nSPS) is 17.2. The van der Waals surface area contributed by atoms with E-state index in [0.717, 1.165) is 31.7 Å². The molecule has 0 spiro atoms. The van der Waals surface area contributed by atoms with Crippen LogP contribution >= 0.6 is 24.0 Å². The Bertz CT molecular complexity index is 375. The van der Waals surface area contributed by atoms with E-state index < -0.39 is 0 Å². The predicted molar refractivity (Wildman–Crippen MR) is 84.6 cm³/mol. The summed E-state index contributed by atoms with van der Waals surface area (Å²) in [6, 6.07) is 9.97. The van der Waals surface area contributed by atoms with E-state index in [1.165, 1.54) is 0 Å². The van der Waals surface area contributed by atoms with Gasteiger partial charge in [0.15, 0.2) is 5.96 Å². The fraction of sp³-hybridized carbons (Fsp3) is 0.462. The van der Waals surface area contributed by atoms with Gasteiger partial charge in [-0.3, -0.25) is 4.99 Å². The van der Waals surface area contributed by atoms with Crippen LogP contribution in [0.2, 0.25) is 0 Å². The van der Waals surface area contributed by atoms with Gasteiger partial charge in [0.05, 0.1) is 0 Å². The molecule has 0 aromatic heterocycles. The number of nitrogens with two attached hydrogens (primary N) is 1. The number of aliphatic imine (C=N–C) groups is 1. The van der Waals surface area contributed by atoms with Crippen LogP contribution in [0, 0.1) is 0 Å². The quantitative estimate of drug-likeness (QED) is 0.499. The van der Waals surface area contributed by atoms with Gasteiger partial charge in [-0.2, -0.15) is 0 Å². The number of ether oxygens (including phenoxy) is 1. The van der Waals surface area contributed by atoms with Gasteiger partial charge in [-0.1, -0.05) is 18.2 Å². The molecule has 1 saturated heterocycles. The van der Waals surface area contributed by atoms with Crippen LogP contribution in [-0.2, 0) is 0 Å². The van der Waals surface area contributed by atoms with E-state index in [0.29, 0.717) is 12.1 Å². The van der Waals surface area contributed by atoms with E-state index in [1.807, 2.05) is 30.3 Å². The van der Waals surface area contributed by atoms with Crippen molar-refractivity contribution in [1.29, 1.82) is 0 Å². The van der Waals surface area contributed by atoms with Gasteiger partial charge in [0, 0.05) is 33.0 Å². The average molecular weight is 361 g/mol. The summed E-state index contributed by atoms with van der Waals surface area (Å²) in [6.45, 7) is 1.83. The SMILES string of the molecule is CN=C(N)N1CCC(Oc2ccccc2)CC1.I. The zero-order valence-electron chi connectivity index (χ0n) is 10.6. The van der Waals surface area contributed by atoms with Gasteiger partial charge in [-0.25, -0.2) is 0 Å². The Morgan fingerprint density at radius 3 is 2.44 bits per heavy atom. The Labute approximate surface area is 125 Å². The third kappa shape index (κ3) is 4.04. The van der Waals surface area contributed by atoms with Gasteiger partial charge in [0.2, 0.25) is 0 Å². The van der Waals surface area contributed by atoms with Gasteiger partial charge >= 0.3 is 0 Å². The van der Waals surface area contributed by atoms with Crippen LogP contribution in [0.1, 0.15) is 12.8 Å². The number of guanidine groups is 1. The molecular weight excluding hydrogens is 341 g/mol. The van der Waals surface area contributed by atoms with E-state index in [1.54, 1.807) is 7.05 Å². The second-order valence-corrected chi connectivity index (χ2v) is 4.20. The van der Waals surface area contributed by atoms with Crippen molar-refractivity contribution in [2.45, 2.75) is 18.9 Å². The number of halogens is 1. The highest BCUT2D eigenvalue weighted by atomic mass is 127. The van der Waals surface area contributed by atoms with Crippen LogP contribution in [0.25, 0.3) is 0 Å². The van der Waals surface area contributed by atoms with E-state index in [2.05, 4.69) is 9.89 Å². The number of rotatable bonds is 2. The summed E-state index contributed by atoms with van der Waals surface area (Å²) in [4.78, 5) is 6.10. The summed E-state index contributed by atoms with van der Waals surface area (Å²) in [6.07, 6.45) is 2.27. The molecule has 1 fully saturated rings. The van der Waals surface area contributed by atoms with Crippen LogP contribution in [0.4, 0.5) is 0 Å². The summed E-state index contributed by atoms with van der Waals surface area (Å²) in [5, 5.41) is 0. The molecule has 1 aromatic rings. The van der Waals surface area contributed by atoms with Crippen molar-refractivity contribution in [2.75, 3.05) is 20.1 Å². The molecule has 18 heavy (non-hydrogen) atoms. The Morgan fingerprint density at radius 1 is 1.28 bits per heavy atom. The number of likely N-dealkylation sites (tertiary alicyclic amines) is 1. The van der Waals surface area contributed by atoms with Crippen LogP contribution in [-0.4, -0.2) is 37.1 Å². The first-order valence-electron chi connectivity index (χ1n) is 5.98. The van der Waals surface area contributed by atoms with E-state index in [-0.39, 0.29) is 24.0 Å². The predicted octanol–water partition coefficient (Wildman–Crippen LogP) is 2.09. The lowest BCUT2D eigenvalue weighted by Gasteiger charge is -2.32. The van der Waals surface area contributed by atoms with E-state index >= 15 is 0 Å². The van der Waals surface area contributed by atoms with Crippen molar-refractivity contribution in [3.05, 3.63) is 30.3 Å². The number of hydrogen-bond donors (Lipinski definition) is 1. The molecule has 1 aliphatic rings. The van der Waals surface area contributed by atoms with Gasteiger partial charge in [-0.15, -0.1) is 24.0 Å². The van der Waals surface area contributed by atoms with Crippen molar-refractivity contribution in [2.24, 2.45) is 10.7 Å². The molecule has 2 rings (SSSR count). The first-order chi connectivity index (χ1) is 8.29. The first-order valence-corrected chi connectivity index (χ1v) is 5.98. The first kappa shape index (κ1) is 15.1. The Hall–Kier alpha value is -0.980. The minimum atomic E-state index is 0. The fourth-order valence-electron chi connectivity index (χ4n) is 2.04. The molecule has 1 heterocycles. The lowest BCUT2D eigenvalue weighted by atomic mass is 10.1. The number of hydrogen-bond acceptors (Lipinski definition) is 2. The van der Waals surface area contributed by atoms with Crippen molar-refractivity contribution in [3.63, 3.8) is 0 Å². The molecule has 4 nitrogen and oxygen atoms in total. The minimum absolute atomic E-state index is 0. The minimum Gasteiger partial charge on any atom is -0.490 e. The van der Waals surface area contributed by atoms with Crippen LogP contribution < -0.4 is 10.5 Å². The molecule has 100 valence electrons. The highest BCUT2D eigenvalue weighted by Crippen LogP contribution is 2.18. The topological polar surface area (TPSA) is 50.8 Å². The van der Waals surface area contributed by atoms with Crippen LogP contribution in [0.15, 0.2) is 35.3 Å². The Kier molecular flexibility index (Phi) is 6.24. The summed E-state index contributed by atoms with van der Waals surface area (Å²) < 4.78 is 5.91. The van der Waals surface area contributed by atoms with E-state index in [9.17, 15) is 0 Å². The highest BCUT2D eigenvalue weighted by molar-refractivity contribution is 14.0. The summed E-state index contributed by atoms with van der Waals surface area (Å²) >= 11 is 0. The maximum Gasteiger partial charge on any atom is 0.190 e. The molecular formula is C13H20IN3O. The maximum absolute atomic E-state index is 5.91. The standard InChI is InChI=1S/C13H19N3O.HI/c1-15-13(14)16-9-7-12(8-10-16)17-11-5-3-2-4-6-11;/h2-6,12H,7-10H2,1H3,(H2,14,15);1H. The van der Waals surface area contributed by atoms with Gasteiger partial charge in [-0.05, 0) is 12.1 Å². The molecule has 0 bridgehead atoms. The summed E-state index contributed by atoms with van der Waals surface area (Å²) in [5.41, 5.74) is 5.78. The van der Waals surface area contributed by atoms with Crippen molar-refractivity contribution in [1.82, 2.24) is 4.90 Å². The zero-order chi connectivity index (χ0) is 12.1. The number of para-hydroxylation sites is 1. The third-order valence-corrected chi connectivity index (χ3v) is 3.04. The van der Waals surface area contributed by atoms with Crippen LogP contribution in [0.3, 0.4) is 0 Å². The highest BCUT2D eigenvalue weighted by Gasteiger charge is 2.21. The molecule has 0 aliphatic carbocycles. The van der Waals surface area contributed by atoms with Gasteiger partial charge in [0.25, 0.3) is 0 Å². The number of nitrogens with zero attached hydrogens (tertiary/aromatic N) is 2. The average Bonchev–Trinajstić information content (AvgIpc) is 2.40. The molecule has 2 N–H and O–H groups in total. The second-order valence-electron chi connectivity index (χ2n) is 4.20. The molecule has 1 aliphatic heterocycles.